The average Bonchev–Trinajstić information content (AvgIpc) is 2.40. The van der Waals surface area contributed by atoms with E-state index in [0.717, 1.165) is 5.92 Å². The van der Waals surface area contributed by atoms with Crippen molar-refractivity contribution in [1.82, 2.24) is 4.98 Å². The van der Waals surface area contributed by atoms with Crippen LogP contribution >= 0.6 is 0 Å². The van der Waals surface area contributed by atoms with Gasteiger partial charge in [0.1, 0.15) is 6.07 Å². The maximum Gasteiger partial charge on any atom is 0.101 e. The Labute approximate surface area is 104 Å². The van der Waals surface area contributed by atoms with Crippen LogP contribution in [0.1, 0.15) is 62.6 Å². The number of hydrogen-bond acceptors (Lipinski definition) is 2. The molecule has 0 spiro atoms. The zero-order valence-corrected chi connectivity index (χ0v) is 10.5. The van der Waals surface area contributed by atoms with E-state index in [1.165, 1.54) is 44.2 Å². The molecule has 1 aromatic heterocycles. The van der Waals surface area contributed by atoms with Crippen LogP contribution in [0.2, 0.25) is 0 Å². The van der Waals surface area contributed by atoms with Crippen molar-refractivity contribution in [2.45, 2.75) is 51.4 Å². The first kappa shape index (κ1) is 12.1. The fraction of sp³-hybridized carbons (Fsp3) is 0.600. The Kier molecular flexibility index (Phi) is 4.14. The molecule has 0 unspecified atom stereocenters. The molecule has 0 N–H and O–H groups in total. The molecule has 2 heteroatoms. The van der Waals surface area contributed by atoms with Crippen molar-refractivity contribution in [3.63, 3.8) is 0 Å². The van der Waals surface area contributed by atoms with Gasteiger partial charge in [0.25, 0.3) is 0 Å². The van der Waals surface area contributed by atoms with E-state index in [9.17, 15) is 0 Å². The summed E-state index contributed by atoms with van der Waals surface area (Å²) in [6.45, 7) is 2.27. The lowest BCUT2D eigenvalue weighted by Gasteiger charge is -2.27. The number of hydrogen-bond donors (Lipinski definition) is 0. The molecule has 90 valence electrons. The molecule has 0 aliphatic heterocycles. The number of nitriles is 1. The lowest BCUT2D eigenvalue weighted by molar-refractivity contribution is 0.305. The smallest absolute Gasteiger partial charge is 0.101 e. The van der Waals surface area contributed by atoms with Gasteiger partial charge in [0.15, 0.2) is 0 Å². The van der Waals surface area contributed by atoms with Crippen LogP contribution in [0.4, 0.5) is 0 Å². The summed E-state index contributed by atoms with van der Waals surface area (Å²) >= 11 is 0. The molecular formula is C15H20N2. The first-order valence-corrected chi connectivity index (χ1v) is 6.69. The number of pyridine rings is 1. The molecule has 1 aliphatic rings. The van der Waals surface area contributed by atoms with Crippen LogP contribution in [-0.2, 0) is 0 Å². The molecule has 1 aromatic rings. The standard InChI is InChI=1S/C15H20N2/c1-2-3-12-4-7-14(8-5-12)15-9-6-13(10-16)11-17-15/h6,9,11-12,14H,2-5,7-8H2,1H3/t12-,14-. The zero-order chi connectivity index (χ0) is 12.1. The van der Waals surface area contributed by atoms with Gasteiger partial charge in [-0.3, -0.25) is 4.98 Å². The summed E-state index contributed by atoms with van der Waals surface area (Å²) in [7, 11) is 0. The minimum Gasteiger partial charge on any atom is -0.260 e. The Bertz CT molecular complexity index is 380. The molecule has 0 bridgehead atoms. The lowest BCUT2D eigenvalue weighted by atomic mass is 9.78. The van der Waals surface area contributed by atoms with Gasteiger partial charge in [-0.2, -0.15) is 5.26 Å². The molecule has 1 fully saturated rings. The van der Waals surface area contributed by atoms with Gasteiger partial charge >= 0.3 is 0 Å². The molecule has 0 radical (unpaired) electrons. The first-order chi connectivity index (χ1) is 8.33. The minimum absolute atomic E-state index is 0.621. The second-order valence-corrected chi connectivity index (χ2v) is 5.09. The highest BCUT2D eigenvalue weighted by atomic mass is 14.7. The predicted octanol–water partition coefficient (Wildman–Crippen LogP) is 4.03. The molecule has 2 rings (SSSR count). The SMILES string of the molecule is CCC[C@H]1CC[C@H](c2ccc(C#N)cn2)CC1. The molecule has 2 nitrogen and oxygen atoms in total. The van der Waals surface area contributed by atoms with Crippen LogP contribution in [0.3, 0.4) is 0 Å². The average molecular weight is 228 g/mol. The molecule has 0 aromatic carbocycles. The van der Waals surface area contributed by atoms with Crippen molar-refractivity contribution < 1.29 is 0 Å². The third kappa shape index (κ3) is 3.06. The monoisotopic (exact) mass is 228 g/mol. The summed E-state index contributed by atoms with van der Waals surface area (Å²) in [5.41, 5.74) is 1.84. The second-order valence-electron chi connectivity index (χ2n) is 5.09. The summed E-state index contributed by atoms with van der Waals surface area (Å²) in [4.78, 5) is 4.42. The van der Waals surface area contributed by atoms with Crippen LogP contribution in [-0.4, -0.2) is 4.98 Å². The van der Waals surface area contributed by atoms with Gasteiger partial charge in [-0.05, 0) is 43.7 Å². The lowest BCUT2D eigenvalue weighted by Crippen LogP contribution is -2.14. The van der Waals surface area contributed by atoms with Gasteiger partial charge in [-0.25, -0.2) is 0 Å². The van der Waals surface area contributed by atoms with Crippen molar-refractivity contribution in [1.29, 1.82) is 5.26 Å². The minimum atomic E-state index is 0.621. The highest BCUT2D eigenvalue weighted by Crippen LogP contribution is 2.36. The molecule has 0 amide bonds. The van der Waals surface area contributed by atoms with Crippen LogP contribution in [0.5, 0.6) is 0 Å². The van der Waals surface area contributed by atoms with E-state index in [1.807, 2.05) is 12.1 Å². The Morgan fingerprint density at radius 3 is 2.59 bits per heavy atom. The van der Waals surface area contributed by atoms with Crippen molar-refractivity contribution in [2.24, 2.45) is 5.92 Å². The highest BCUT2D eigenvalue weighted by Gasteiger charge is 2.22. The molecule has 0 saturated heterocycles. The van der Waals surface area contributed by atoms with Gasteiger partial charge in [-0.1, -0.05) is 19.8 Å². The van der Waals surface area contributed by atoms with E-state index in [-0.39, 0.29) is 0 Å². The van der Waals surface area contributed by atoms with E-state index < -0.39 is 0 Å². The maximum atomic E-state index is 8.74. The largest absolute Gasteiger partial charge is 0.260 e. The summed E-state index contributed by atoms with van der Waals surface area (Å²) < 4.78 is 0. The van der Waals surface area contributed by atoms with Crippen molar-refractivity contribution in [2.75, 3.05) is 0 Å². The number of aromatic nitrogens is 1. The fourth-order valence-corrected chi connectivity index (χ4v) is 2.87. The van der Waals surface area contributed by atoms with E-state index in [4.69, 9.17) is 5.26 Å². The zero-order valence-electron chi connectivity index (χ0n) is 10.5. The van der Waals surface area contributed by atoms with Gasteiger partial charge in [0.2, 0.25) is 0 Å². The van der Waals surface area contributed by atoms with Gasteiger partial charge in [0.05, 0.1) is 5.56 Å². The van der Waals surface area contributed by atoms with Gasteiger partial charge in [-0.15, -0.1) is 0 Å². The second kappa shape index (κ2) is 5.82. The Balaban J connectivity index is 1.94. The van der Waals surface area contributed by atoms with Crippen LogP contribution < -0.4 is 0 Å². The van der Waals surface area contributed by atoms with E-state index in [0.29, 0.717) is 11.5 Å². The Hall–Kier alpha value is -1.36. The molecule has 0 atom stereocenters. The normalized spacial score (nSPS) is 24.2. The molecule has 1 aliphatic carbocycles. The summed E-state index contributed by atoms with van der Waals surface area (Å²) in [6, 6.07) is 6.04. The topological polar surface area (TPSA) is 36.7 Å². The summed E-state index contributed by atoms with van der Waals surface area (Å²) in [5, 5.41) is 8.74. The van der Waals surface area contributed by atoms with E-state index in [2.05, 4.69) is 18.0 Å². The van der Waals surface area contributed by atoms with Crippen LogP contribution in [0, 0.1) is 17.2 Å². The quantitative estimate of drug-likeness (QED) is 0.783. The molecular weight excluding hydrogens is 208 g/mol. The van der Waals surface area contributed by atoms with E-state index >= 15 is 0 Å². The van der Waals surface area contributed by atoms with E-state index in [1.54, 1.807) is 6.20 Å². The maximum absolute atomic E-state index is 8.74. The van der Waals surface area contributed by atoms with Gasteiger partial charge < -0.3 is 0 Å². The Morgan fingerprint density at radius 2 is 2.06 bits per heavy atom. The summed E-state index contributed by atoms with van der Waals surface area (Å²) in [5.74, 6) is 1.56. The molecule has 17 heavy (non-hydrogen) atoms. The molecule has 1 saturated carbocycles. The van der Waals surface area contributed by atoms with Gasteiger partial charge in [0, 0.05) is 17.8 Å². The van der Waals surface area contributed by atoms with Crippen LogP contribution in [0.15, 0.2) is 18.3 Å². The van der Waals surface area contributed by atoms with Crippen molar-refractivity contribution in [3.05, 3.63) is 29.6 Å². The fourth-order valence-electron chi connectivity index (χ4n) is 2.87. The number of rotatable bonds is 3. The number of nitrogens with zero attached hydrogens (tertiary/aromatic N) is 2. The van der Waals surface area contributed by atoms with Crippen molar-refractivity contribution in [3.8, 4) is 6.07 Å². The first-order valence-electron chi connectivity index (χ1n) is 6.69. The third-order valence-corrected chi connectivity index (χ3v) is 3.88. The predicted molar refractivity (Wildman–Crippen MR) is 68.6 cm³/mol. The van der Waals surface area contributed by atoms with Crippen LogP contribution in [0.25, 0.3) is 0 Å². The van der Waals surface area contributed by atoms with Crippen molar-refractivity contribution >= 4 is 0 Å². The molecule has 1 heterocycles. The highest BCUT2D eigenvalue weighted by molar-refractivity contribution is 5.27. The third-order valence-electron chi connectivity index (χ3n) is 3.88. The summed E-state index contributed by atoms with van der Waals surface area (Å²) in [6.07, 6.45) is 9.62. The Morgan fingerprint density at radius 1 is 1.29 bits per heavy atom.